The average Bonchev–Trinajstić information content (AvgIpc) is 2.63. The molecule has 0 radical (unpaired) electrons. The highest BCUT2D eigenvalue weighted by Gasteiger charge is 2.27. The number of nitrogens with one attached hydrogen (secondary N) is 2. The zero-order valence-electron chi connectivity index (χ0n) is 14.6. The minimum atomic E-state index is -3.45. The predicted molar refractivity (Wildman–Crippen MR) is 109 cm³/mol. The van der Waals surface area contributed by atoms with Crippen molar-refractivity contribution in [2.45, 2.75) is 4.90 Å². The number of hydrogen-bond donors (Lipinski definition) is 2. The summed E-state index contributed by atoms with van der Waals surface area (Å²) in [6.45, 7) is 2.53. The second-order valence-electron chi connectivity index (χ2n) is 6.18. The van der Waals surface area contributed by atoms with Crippen LogP contribution < -0.4 is 10.6 Å². The van der Waals surface area contributed by atoms with Gasteiger partial charge in [-0.15, -0.1) is 0 Å². The van der Waals surface area contributed by atoms with Crippen LogP contribution in [-0.4, -0.2) is 56.0 Å². The Bertz CT molecular complexity index is 847. The fraction of sp³-hybridized carbons (Fsp3) is 0.278. The molecule has 0 atom stereocenters. The zero-order valence-corrected chi connectivity index (χ0v) is 16.2. The van der Waals surface area contributed by atoms with Gasteiger partial charge in [0.05, 0.1) is 4.90 Å². The minimum Gasteiger partial charge on any atom is -0.332 e. The highest BCUT2D eigenvalue weighted by molar-refractivity contribution is 7.89. The van der Waals surface area contributed by atoms with Gasteiger partial charge in [0.25, 0.3) is 0 Å². The number of para-hydroxylation sites is 1. The predicted octanol–water partition coefficient (Wildman–Crippen LogP) is 2.43. The number of likely N-dealkylation sites (N-methyl/N-ethyl adjacent to an activating group) is 1. The lowest BCUT2D eigenvalue weighted by atomic mass is 10.3. The van der Waals surface area contributed by atoms with Crippen molar-refractivity contribution >= 4 is 38.7 Å². The Kier molecular flexibility index (Phi) is 5.87. The van der Waals surface area contributed by atoms with Crippen LogP contribution in [-0.2, 0) is 10.0 Å². The standard InChI is InChI=1S/C18H22N4O2S2/c1-21-11-13-22(14-12-21)26(23,24)17-9-7-16(8-10-17)20-18(25)19-15-5-3-2-4-6-15/h2-10H,11-14H2,1H3,(H2,19,20,25). The maximum atomic E-state index is 12.7. The molecule has 0 unspecified atom stereocenters. The van der Waals surface area contributed by atoms with Crippen molar-refractivity contribution in [3.8, 4) is 0 Å². The van der Waals surface area contributed by atoms with Crippen LogP contribution in [0.3, 0.4) is 0 Å². The van der Waals surface area contributed by atoms with Crippen LogP contribution in [0.1, 0.15) is 0 Å². The lowest BCUT2D eigenvalue weighted by molar-refractivity contribution is 0.222. The molecule has 0 aliphatic carbocycles. The van der Waals surface area contributed by atoms with E-state index in [0.717, 1.165) is 24.5 Å². The molecule has 1 aliphatic heterocycles. The van der Waals surface area contributed by atoms with E-state index in [1.54, 1.807) is 24.3 Å². The Morgan fingerprint density at radius 1 is 0.885 bits per heavy atom. The molecule has 1 heterocycles. The van der Waals surface area contributed by atoms with Gasteiger partial charge < -0.3 is 15.5 Å². The van der Waals surface area contributed by atoms with Crippen LogP contribution >= 0.6 is 12.2 Å². The number of sulfonamides is 1. The Morgan fingerprint density at radius 3 is 2.00 bits per heavy atom. The second-order valence-corrected chi connectivity index (χ2v) is 8.52. The van der Waals surface area contributed by atoms with Crippen LogP contribution in [0, 0.1) is 0 Å². The third kappa shape index (κ3) is 4.59. The first-order valence-electron chi connectivity index (χ1n) is 8.37. The molecule has 1 fully saturated rings. The van der Waals surface area contributed by atoms with Gasteiger partial charge in [-0.05, 0) is 55.7 Å². The molecule has 2 aromatic carbocycles. The lowest BCUT2D eigenvalue weighted by Crippen LogP contribution is -2.46. The molecule has 1 saturated heterocycles. The number of hydrogen-bond acceptors (Lipinski definition) is 4. The third-order valence-electron chi connectivity index (χ3n) is 4.24. The van der Waals surface area contributed by atoms with Gasteiger partial charge >= 0.3 is 0 Å². The summed E-state index contributed by atoms with van der Waals surface area (Å²) in [5.41, 5.74) is 1.62. The van der Waals surface area contributed by atoms with Crippen LogP contribution in [0.4, 0.5) is 11.4 Å². The van der Waals surface area contributed by atoms with Crippen molar-refractivity contribution in [1.29, 1.82) is 0 Å². The summed E-state index contributed by atoms with van der Waals surface area (Å²) in [6.07, 6.45) is 0. The molecular weight excluding hydrogens is 368 g/mol. The van der Waals surface area contributed by atoms with E-state index < -0.39 is 10.0 Å². The molecule has 6 nitrogen and oxygen atoms in total. The van der Waals surface area contributed by atoms with E-state index >= 15 is 0 Å². The summed E-state index contributed by atoms with van der Waals surface area (Å²) in [6, 6.07) is 16.3. The SMILES string of the molecule is CN1CCN(S(=O)(=O)c2ccc(NC(=S)Nc3ccccc3)cc2)CC1. The van der Waals surface area contributed by atoms with Crippen molar-refractivity contribution in [3.63, 3.8) is 0 Å². The maximum Gasteiger partial charge on any atom is 0.243 e. The lowest BCUT2D eigenvalue weighted by Gasteiger charge is -2.31. The molecule has 0 amide bonds. The van der Waals surface area contributed by atoms with E-state index in [9.17, 15) is 8.42 Å². The number of anilines is 2. The van der Waals surface area contributed by atoms with E-state index in [4.69, 9.17) is 12.2 Å². The fourth-order valence-corrected chi connectivity index (χ4v) is 4.36. The van der Waals surface area contributed by atoms with Gasteiger partial charge in [-0.1, -0.05) is 18.2 Å². The molecule has 8 heteroatoms. The van der Waals surface area contributed by atoms with Crippen LogP contribution in [0.25, 0.3) is 0 Å². The normalized spacial score (nSPS) is 16.2. The Labute approximate surface area is 159 Å². The van der Waals surface area contributed by atoms with Crippen LogP contribution in [0.15, 0.2) is 59.5 Å². The summed E-state index contributed by atoms with van der Waals surface area (Å²) in [4.78, 5) is 2.43. The van der Waals surface area contributed by atoms with Crippen molar-refractivity contribution in [2.24, 2.45) is 0 Å². The number of nitrogens with zero attached hydrogens (tertiary/aromatic N) is 2. The van der Waals surface area contributed by atoms with E-state index in [0.29, 0.717) is 23.1 Å². The van der Waals surface area contributed by atoms with E-state index in [-0.39, 0.29) is 0 Å². The molecule has 0 saturated carbocycles. The average molecular weight is 391 g/mol. The number of benzene rings is 2. The van der Waals surface area contributed by atoms with Gasteiger partial charge in [0.15, 0.2) is 5.11 Å². The van der Waals surface area contributed by atoms with Crippen LogP contribution in [0.5, 0.6) is 0 Å². The van der Waals surface area contributed by atoms with E-state index in [2.05, 4.69) is 15.5 Å². The van der Waals surface area contributed by atoms with Gasteiger partial charge in [0, 0.05) is 37.6 Å². The van der Waals surface area contributed by atoms with E-state index in [1.807, 2.05) is 37.4 Å². The zero-order chi connectivity index (χ0) is 18.6. The van der Waals surface area contributed by atoms with Gasteiger partial charge in [-0.3, -0.25) is 0 Å². The first kappa shape index (κ1) is 18.8. The summed E-state index contributed by atoms with van der Waals surface area (Å²) < 4.78 is 27.0. The first-order chi connectivity index (χ1) is 12.4. The molecule has 0 spiro atoms. The number of rotatable bonds is 4. The molecule has 1 aliphatic rings. The smallest absolute Gasteiger partial charge is 0.243 e. The molecular formula is C18H22N4O2S2. The molecule has 0 bridgehead atoms. The Morgan fingerprint density at radius 2 is 1.42 bits per heavy atom. The molecule has 2 aromatic rings. The number of thiocarbonyl (C=S) groups is 1. The van der Waals surface area contributed by atoms with Gasteiger partial charge in [-0.2, -0.15) is 4.31 Å². The minimum absolute atomic E-state index is 0.300. The molecule has 3 rings (SSSR count). The summed E-state index contributed by atoms with van der Waals surface area (Å²) in [5, 5.41) is 6.59. The van der Waals surface area contributed by atoms with Gasteiger partial charge in [0.2, 0.25) is 10.0 Å². The van der Waals surface area contributed by atoms with Gasteiger partial charge in [-0.25, -0.2) is 8.42 Å². The van der Waals surface area contributed by atoms with Crippen molar-refractivity contribution in [3.05, 3.63) is 54.6 Å². The molecule has 138 valence electrons. The summed E-state index contributed by atoms with van der Waals surface area (Å²) >= 11 is 5.28. The Balaban J connectivity index is 1.63. The highest BCUT2D eigenvalue weighted by atomic mass is 32.2. The topological polar surface area (TPSA) is 64.7 Å². The molecule has 0 aromatic heterocycles. The third-order valence-corrected chi connectivity index (χ3v) is 6.36. The summed E-state index contributed by atoms with van der Waals surface area (Å²) in [5.74, 6) is 0. The monoisotopic (exact) mass is 390 g/mol. The quantitative estimate of drug-likeness (QED) is 0.782. The summed E-state index contributed by atoms with van der Waals surface area (Å²) in [7, 11) is -1.45. The molecule has 2 N–H and O–H groups in total. The van der Waals surface area contributed by atoms with Crippen molar-refractivity contribution in [1.82, 2.24) is 9.21 Å². The maximum absolute atomic E-state index is 12.7. The van der Waals surface area contributed by atoms with Crippen molar-refractivity contribution in [2.75, 3.05) is 43.9 Å². The largest absolute Gasteiger partial charge is 0.332 e. The van der Waals surface area contributed by atoms with E-state index in [1.165, 1.54) is 4.31 Å². The Hall–Kier alpha value is -2.00. The second kappa shape index (κ2) is 8.13. The molecule has 26 heavy (non-hydrogen) atoms. The fourth-order valence-electron chi connectivity index (χ4n) is 2.70. The first-order valence-corrected chi connectivity index (χ1v) is 10.2. The van der Waals surface area contributed by atoms with Crippen LogP contribution in [0.2, 0.25) is 0 Å². The van der Waals surface area contributed by atoms with Crippen molar-refractivity contribution < 1.29 is 8.42 Å². The number of piperazine rings is 1. The van der Waals surface area contributed by atoms with Gasteiger partial charge in [0.1, 0.15) is 0 Å². The highest BCUT2D eigenvalue weighted by Crippen LogP contribution is 2.20.